The first kappa shape index (κ1) is 39.5. The molecule has 4 fully saturated rings. The zero-order valence-electron chi connectivity index (χ0n) is 33.2. The molecule has 0 unspecified atom stereocenters. The van der Waals surface area contributed by atoms with Gasteiger partial charge in [-0.2, -0.15) is 0 Å². The number of aliphatic carboxylic acids is 1. The van der Waals surface area contributed by atoms with Crippen LogP contribution in [0.5, 0.6) is 0 Å². The number of allylic oxidation sites excluding steroid dienone is 1. The lowest BCUT2D eigenvalue weighted by Gasteiger charge is -2.72. The minimum atomic E-state index is -1.17. The second-order valence-corrected chi connectivity index (χ2v) is 20.3. The topological polar surface area (TPSA) is 113 Å². The lowest BCUT2D eigenvalue weighted by Crippen LogP contribution is -2.66. The van der Waals surface area contributed by atoms with Crippen molar-refractivity contribution < 1.29 is 29.3 Å². The van der Waals surface area contributed by atoms with Gasteiger partial charge in [-0.25, -0.2) is 0 Å². The van der Waals surface area contributed by atoms with Crippen LogP contribution in [0.25, 0.3) is 0 Å². The van der Waals surface area contributed by atoms with E-state index in [0.29, 0.717) is 36.4 Å². The van der Waals surface area contributed by atoms with E-state index in [1.54, 1.807) is 13.8 Å². The molecule has 5 aliphatic carbocycles. The van der Waals surface area contributed by atoms with E-state index in [4.69, 9.17) is 16.3 Å². The summed E-state index contributed by atoms with van der Waals surface area (Å²) in [6.45, 7) is 20.6. The summed E-state index contributed by atoms with van der Waals surface area (Å²) in [6, 6.07) is 7.80. The number of carboxylic acids is 1. The van der Waals surface area contributed by atoms with Crippen LogP contribution in [0, 0.1) is 56.2 Å². The van der Waals surface area contributed by atoms with Gasteiger partial charge < -0.3 is 20.3 Å². The Labute approximate surface area is 317 Å². The van der Waals surface area contributed by atoms with Crippen molar-refractivity contribution in [2.75, 3.05) is 6.54 Å². The third kappa shape index (κ3) is 6.11. The Kier molecular flexibility index (Phi) is 10.3. The molecular formula is C44H64ClNO6. The highest BCUT2D eigenvalue weighted by atomic mass is 35.5. The monoisotopic (exact) mass is 737 g/mol. The average Bonchev–Trinajstić information content (AvgIpc) is 3.36. The average molecular weight is 738 g/mol. The van der Waals surface area contributed by atoms with E-state index in [9.17, 15) is 24.6 Å². The number of ether oxygens (including phenoxy) is 1. The molecule has 5 aliphatic rings. The maximum atomic E-state index is 14.0. The number of rotatable bonds is 10. The number of carbonyl (C=O) groups excluding carboxylic acids is 2. The number of hydrogen-bond acceptors (Lipinski definition) is 6. The smallest absolute Gasteiger partial charge is 0.309 e. The van der Waals surface area contributed by atoms with Crippen LogP contribution < -0.4 is 5.32 Å². The van der Waals surface area contributed by atoms with Crippen molar-refractivity contribution in [1.82, 2.24) is 5.32 Å². The first-order valence-corrected chi connectivity index (χ1v) is 20.4. The van der Waals surface area contributed by atoms with Crippen molar-refractivity contribution in [3.63, 3.8) is 0 Å². The number of Topliss-reactive ketones (excluding diaryl/α,β-unsaturated/α-hetero) is 1. The second-order valence-electron chi connectivity index (χ2n) is 19.8. The van der Waals surface area contributed by atoms with E-state index in [1.165, 1.54) is 5.57 Å². The Hall–Kier alpha value is -2.22. The number of aliphatic hydroxyl groups excluding tert-OH is 1. The van der Waals surface area contributed by atoms with Gasteiger partial charge in [-0.1, -0.05) is 77.8 Å². The number of fused-ring (bicyclic) bond motifs is 7. The summed E-state index contributed by atoms with van der Waals surface area (Å²) < 4.78 is 6.16. The quantitative estimate of drug-likeness (QED) is 0.205. The molecule has 7 nitrogen and oxygen atoms in total. The molecule has 0 radical (unpaired) electrons. The molecule has 288 valence electrons. The number of aliphatic hydroxyl groups is 1. The van der Waals surface area contributed by atoms with Crippen molar-refractivity contribution in [2.24, 2.45) is 56.2 Å². The first-order chi connectivity index (χ1) is 24.1. The number of esters is 1. The van der Waals surface area contributed by atoms with Gasteiger partial charge in [0.25, 0.3) is 0 Å². The number of carboxylic acid groups (broad SMARTS) is 1. The highest BCUT2D eigenvalue weighted by molar-refractivity contribution is 6.30. The van der Waals surface area contributed by atoms with Crippen molar-refractivity contribution >= 4 is 29.3 Å². The SMILES string of the molecule is CC(C)C1=C2[C@H]3CC[C@@H]4[C@@]5(C)CC[C@H](OC(=O)CC(C)(C)C(=O)O)C(C)(C)[C@@H]5CC[C@@]4(C)[C@]3(C)CC[C@@]2([C@@H](O)CNCc2cccc(Cl)c2)CC1=O. The van der Waals surface area contributed by atoms with Gasteiger partial charge in [0.15, 0.2) is 5.78 Å². The number of halogens is 1. The van der Waals surface area contributed by atoms with E-state index in [0.717, 1.165) is 62.5 Å². The second kappa shape index (κ2) is 13.5. The Morgan fingerprint density at radius 3 is 2.35 bits per heavy atom. The van der Waals surface area contributed by atoms with Crippen LogP contribution in [0.1, 0.15) is 132 Å². The highest BCUT2D eigenvalue weighted by Gasteiger charge is 2.70. The van der Waals surface area contributed by atoms with Gasteiger partial charge in [-0.05, 0) is 128 Å². The maximum Gasteiger partial charge on any atom is 0.309 e. The van der Waals surface area contributed by atoms with E-state index in [-0.39, 0.29) is 51.8 Å². The highest BCUT2D eigenvalue weighted by Crippen LogP contribution is 2.77. The Morgan fingerprint density at radius 1 is 0.981 bits per heavy atom. The van der Waals surface area contributed by atoms with E-state index < -0.39 is 28.9 Å². The molecule has 1 aromatic carbocycles. The van der Waals surface area contributed by atoms with Crippen molar-refractivity contribution in [3.8, 4) is 0 Å². The minimum Gasteiger partial charge on any atom is -0.481 e. The number of benzene rings is 1. The van der Waals surface area contributed by atoms with Gasteiger partial charge in [-0.3, -0.25) is 14.4 Å². The van der Waals surface area contributed by atoms with Crippen LogP contribution in [0.3, 0.4) is 0 Å². The molecule has 0 amide bonds. The summed E-state index contributed by atoms with van der Waals surface area (Å²) in [7, 11) is 0. The fourth-order valence-electron chi connectivity index (χ4n) is 13.1. The fourth-order valence-corrected chi connectivity index (χ4v) is 13.3. The molecular weight excluding hydrogens is 674 g/mol. The van der Waals surface area contributed by atoms with Gasteiger partial charge in [0.2, 0.25) is 0 Å². The van der Waals surface area contributed by atoms with Crippen molar-refractivity contribution in [2.45, 2.75) is 145 Å². The van der Waals surface area contributed by atoms with Gasteiger partial charge in [-0.15, -0.1) is 0 Å². The number of nitrogens with one attached hydrogen (secondary N) is 1. The zero-order valence-corrected chi connectivity index (χ0v) is 33.9. The molecule has 1 aromatic rings. The zero-order chi connectivity index (χ0) is 38.2. The lowest BCUT2D eigenvalue weighted by atomic mass is 9.33. The summed E-state index contributed by atoms with van der Waals surface area (Å²) in [4.78, 5) is 38.8. The van der Waals surface area contributed by atoms with Gasteiger partial charge in [0.05, 0.1) is 17.9 Å². The molecule has 3 N–H and O–H groups in total. The predicted octanol–water partition coefficient (Wildman–Crippen LogP) is 9.18. The number of ketones is 1. The van der Waals surface area contributed by atoms with Crippen LogP contribution in [0.4, 0.5) is 0 Å². The fraction of sp³-hybridized carbons (Fsp3) is 0.750. The first-order valence-electron chi connectivity index (χ1n) is 20.0. The molecule has 8 heteroatoms. The van der Waals surface area contributed by atoms with E-state index in [2.05, 4.69) is 53.8 Å². The van der Waals surface area contributed by atoms with Gasteiger partial charge in [0, 0.05) is 35.4 Å². The molecule has 0 bridgehead atoms. The van der Waals surface area contributed by atoms with Crippen LogP contribution in [-0.4, -0.2) is 46.7 Å². The Balaban J connectivity index is 1.26. The number of carbonyl (C=O) groups is 3. The van der Waals surface area contributed by atoms with Crippen molar-refractivity contribution in [1.29, 1.82) is 0 Å². The third-order valence-electron chi connectivity index (χ3n) is 16.1. The minimum absolute atomic E-state index is 0.0166. The normalized spacial score (nSPS) is 37.5. The molecule has 0 saturated heterocycles. The van der Waals surface area contributed by atoms with Crippen molar-refractivity contribution in [3.05, 3.63) is 46.0 Å². The molecule has 0 heterocycles. The lowest BCUT2D eigenvalue weighted by molar-refractivity contribution is -0.235. The molecule has 0 aliphatic heterocycles. The number of hydrogen-bond donors (Lipinski definition) is 3. The molecule has 52 heavy (non-hydrogen) atoms. The molecule has 0 aromatic heterocycles. The van der Waals surface area contributed by atoms with Gasteiger partial charge in [0.1, 0.15) is 6.10 Å². The van der Waals surface area contributed by atoms with Gasteiger partial charge >= 0.3 is 11.9 Å². The summed E-state index contributed by atoms with van der Waals surface area (Å²) >= 11 is 6.24. The molecule has 4 saturated carbocycles. The molecule has 6 rings (SSSR count). The third-order valence-corrected chi connectivity index (χ3v) is 16.3. The molecule has 0 spiro atoms. The maximum absolute atomic E-state index is 14.0. The summed E-state index contributed by atoms with van der Waals surface area (Å²) in [5, 5.41) is 25.9. The van der Waals surface area contributed by atoms with E-state index >= 15 is 0 Å². The summed E-state index contributed by atoms with van der Waals surface area (Å²) in [6.07, 6.45) is 7.14. The standard InChI is InChI=1S/C44H64ClNO6/c1-26(2)36-30(47)22-44(33(48)25-46-24-27-11-10-12-28(45)21-27)20-19-42(8)29(37(36)44)13-14-32-41(7)17-16-34(52-35(49)23-39(3,4)38(50)51)40(5,6)31(41)15-18-43(32,42)9/h10-12,21,26,29,31-34,46,48H,13-20,22-25H2,1-9H3,(H,50,51)/t29-,31+,32-,33+,34+,41+,42-,43-,44+/m1/s1. The summed E-state index contributed by atoms with van der Waals surface area (Å²) in [5.41, 5.74) is 1.49. The Morgan fingerprint density at radius 2 is 1.69 bits per heavy atom. The van der Waals surface area contributed by atoms with Crippen LogP contribution in [0.2, 0.25) is 5.02 Å². The molecule has 9 atom stereocenters. The predicted molar refractivity (Wildman–Crippen MR) is 205 cm³/mol. The summed E-state index contributed by atoms with van der Waals surface area (Å²) in [5.74, 6) is 0.0236. The van der Waals surface area contributed by atoms with Crippen LogP contribution >= 0.6 is 11.6 Å². The largest absolute Gasteiger partial charge is 0.481 e. The van der Waals surface area contributed by atoms with E-state index in [1.807, 2.05) is 24.3 Å². The van der Waals surface area contributed by atoms with Crippen LogP contribution in [0.15, 0.2) is 35.4 Å². The Bertz CT molecular complexity index is 1630. The van der Waals surface area contributed by atoms with Crippen LogP contribution in [-0.2, 0) is 25.7 Å².